The van der Waals surface area contributed by atoms with Gasteiger partial charge in [0.05, 0.1) is 6.54 Å². The summed E-state index contributed by atoms with van der Waals surface area (Å²) in [5, 5.41) is 2.99. The van der Waals surface area contributed by atoms with Crippen LogP contribution in [0.5, 0.6) is 11.5 Å². The van der Waals surface area contributed by atoms with Gasteiger partial charge in [-0.15, -0.1) is 0 Å². The maximum atomic E-state index is 12.2. The molecule has 1 aliphatic heterocycles. The van der Waals surface area contributed by atoms with Crippen LogP contribution in [0, 0.1) is 6.92 Å². The van der Waals surface area contributed by atoms with E-state index < -0.39 is 0 Å². The highest BCUT2D eigenvalue weighted by Crippen LogP contribution is 2.32. The van der Waals surface area contributed by atoms with Crippen LogP contribution in [0.3, 0.4) is 0 Å². The van der Waals surface area contributed by atoms with Crippen molar-refractivity contribution in [2.75, 3.05) is 19.9 Å². The fraction of sp³-hybridized carbons (Fsp3) is 0.350. The maximum Gasteiger partial charge on any atom is 0.234 e. The lowest BCUT2D eigenvalue weighted by atomic mass is 10.1. The van der Waals surface area contributed by atoms with E-state index in [1.165, 1.54) is 5.56 Å². The SMILES string of the molecule is CCN(CC(=O)NCc1ccc(C)cc1)Cc1ccc2c(c1)OCO2. The van der Waals surface area contributed by atoms with Crippen molar-refractivity contribution >= 4 is 5.91 Å². The van der Waals surface area contributed by atoms with Gasteiger partial charge >= 0.3 is 0 Å². The Balaban J connectivity index is 1.51. The van der Waals surface area contributed by atoms with Crippen molar-refractivity contribution in [1.82, 2.24) is 10.2 Å². The standard InChI is InChI=1S/C20H24N2O3/c1-3-22(12-17-8-9-18-19(10-17)25-14-24-18)13-20(23)21-11-16-6-4-15(2)5-7-16/h4-10H,3,11-14H2,1-2H3,(H,21,23). The summed E-state index contributed by atoms with van der Waals surface area (Å²) in [4.78, 5) is 14.3. The second kappa shape index (κ2) is 8.03. The minimum atomic E-state index is 0.0307. The van der Waals surface area contributed by atoms with Gasteiger partial charge in [0, 0.05) is 13.1 Å². The average Bonchev–Trinajstić information content (AvgIpc) is 3.08. The quantitative estimate of drug-likeness (QED) is 0.842. The zero-order valence-corrected chi connectivity index (χ0v) is 14.7. The predicted molar refractivity (Wildman–Crippen MR) is 96.5 cm³/mol. The summed E-state index contributed by atoms with van der Waals surface area (Å²) >= 11 is 0. The molecule has 1 heterocycles. The molecule has 0 atom stereocenters. The van der Waals surface area contributed by atoms with Gasteiger partial charge in [0.1, 0.15) is 0 Å². The van der Waals surface area contributed by atoms with Crippen LogP contribution in [0.2, 0.25) is 0 Å². The van der Waals surface area contributed by atoms with E-state index >= 15 is 0 Å². The van der Waals surface area contributed by atoms with Gasteiger partial charge in [0.25, 0.3) is 0 Å². The summed E-state index contributed by atoms with van der Waals surface area (Å²) < 4.78 is 10.7. The first-order chi connectivity index (χ1) is 12.1. The molecule has 5 nitrogen and oxygen atoms in total. The number of carbonyl (C=O) groups is 1. The number of amides is 1. The van der Waals surface area contributed by atoms with E-state index in [9.17, 15) is 4.79 Å². The average molecular weight is 340 g/mol. The first-order valence-electron chi connectivity index (χ1n) is 8.57. The van der Waals surface area contributed by atoms with E-state index in [2.05, 4.69) is 36.2 Å². The van der Waals surface area contributed by atoms with Gasteiger partial charge in [0.2, 0.25) is 12.7 Å². The normalized spacial score (nSPS) is 12.4. The number of ether oxygens (including phenoxy) is 2. The number of aryl methyl sites for hydroxylation is 1. The van der Waals surface area contributed by atoms with Gasteiger partial charge < -0.3 is 14.8 Å². The fourth-order valence-electron chi connectivity index (χ4n) is 2.74. The highest BCUT2D eigenvalue weighted by Gasteiger charge is 2.15. The Hall–Kier alpha value is -2.53. The van der Waals surface area contributed by atoms with Crippen LogP contribution in [0.4, 0.5) is 0 Å². The third-order valence-corrected chi connectivity index (χ3v) is 4.27. The van der Waals surface area contributed by atoms with Crippen LogP contribution in [0.1, 0.15) is 23.6 Å². The highest BCUT2D eigenvalue weighted by atomic mass is 16.7. The second-order valence-electron chi connectivity index (χ2n) is 6.25. The van der Waals surface area contributed by atoms with E-state index in [-0.39, 0.29) is 12.7 Å². The molecule has 0 bridgehead atoms. The van der Waals surface area contributed by atoms with Gasteiger partial charge in [-0.2, -0.15) is 0 Å². The van der Waals surface area contributed by atoms with Crippen molar-refractivity contribution in [3.8, 4) is 11.5 Å². The molecule has 0 fully saturated rings. The van der Waals surface area contributed by atoms with Crippen LogP contribution in [0.15, 0.2) is 42.5 Å². The first-order valence-corrected chi connectivity index (χ1v) is 8.57. The third-order valence-electron chi connectivity index (χ3n) is 4.27. The number of nitrogens with one attached hydrogen (secondary N) is 1. The van der Waals surface area contributed by atoms with Gasteiger partial charge in [-0.25, -0.2) is 0 Å². The molecule has 2 aromatic rings. The largest absolute Gasteiger partial charge is 0.454 e. The zero-order valence-electron chi connectivity index (χ0n) is 14.7. The molecule has 5 heteroatoms. The number of rotatable bonds is 7. The van der Waals surface area contributed by atoms with E-state index in [1.54, 1.807) is 0 Å². The highest BCUT2D eigenvalue weighted by molar-refractivity contribution is 5.78. The molecule has 0 saturated carbocycles. The molecule has 0 unspecified atom stereocenters. The lowest BCUT2D eigenvalue weighted by Crippen LogP contribution is -2.36. The molecule has 0 saturated heterocycles. The van der Waals surface area contributed by atoms with Gasteiger partial charge in [-0.3, -0.25) is 9.69 Å². The molecule has 0 radical (unpaired) electrons. The summed E-state index contributed by atoms with van der Waals surface area (Å²) in [7, 11) is 0. The summed E-state index contributed by atoms with van der Waals surface area (Å²) in [5.74, 6) is 1.59. The molecule has 2 aromatic carbocycles. The number of benzene rings is 2. The van der Waals surface area contributed by atoms with Gasteiger partial charge in [-0.1, -0.05) is 42.8 Å². The summed E-state index contributed by atoms with van der Waals surface area (Å²) in [6.07, 6.45) is 0. The predicted octanol–water partition coefficient (Wildman–Crippen LogP) is 2.86. The molecule has 3 rings (SSSR count). The number of hydrogen-bond donors (Lipinski definition) is 1. The zero-order chi connectivity index (χ0) is 17.6. The fourth-order valence-corrected chi connectivity index (χ4v) is 2.74. The molecule has 1 aliphatic rings. The molecule has 0 aromatic heterocycles. The number of fused-ring (bicyclic) bond motifs is 1. The number of carbonyl (C=O) groups excluding carboxylic acids is 1. The minimum Gasteiger partial charge on any atom is -0.454 e. The number of hydrogen-bond acceptors (Lipinski definition) is 4. The van der Waals surface area contributed by atoms with Crippen molar-refractivity contribution < 1.29 is 14.3 Å². The molecule has 25 heavy (non-hydrogen) atoms. The van der Waals surface area contributed by atoms with Crippen LogP contribution >= 0.6 is 0 Å². The monoisotopic (exact) mass is 340 g/mol. The van der Waals surface area contributed by atoms with Crippen molar-refractivity contribution in [2.24, 2.45) is 0 Å². The third kappa shape index (κ3) is 4.73. The Morgan fingerprint density at radius 1 is 1.08 bits per heavy atom. The van der Waals surface area contributed by atoms with Crippen LogP contribution in [0.25, 0.3) is 0 Å². The van der Waals surface area contributed by atoms with E-state index in [1.807, 2.05) is 30.3 Å². The maximum absolute atomic E-state index is 12.2. The summed E-state index contributed by atoms with van der Waals surface area (Å²) in [5.41, 5.74) is 3.44. The van der Waals surface area contributed by atoms with E-state index in [0.717, 1.165) is 29.2 Å². The Morgan fingerprint density at radius 2 is 1.80 bits per heavy atom. The lowest BCUT2D eigenvalue weighted by Gasteiger charge is -2.20. The Kier molecular flexibility index (Phi) is 5.56. The molecular weight excluding hydrogens is 316 g/mol. The topological polar surface area (TPSA) is 50.8 Å². The molecule has 0 aliphatic carbocycles. The Morgan fingerprint density at radius 3 is 2.56 bits per heavy atom. The minimum absolute atomic E-state index is 0.0307. The van der Waals surface area contributed by atoms with Gasteiger partial charge in [0.15, 0.2) is 11.5 Å². The molecule has 0 spiro atoms. The van der Waals surface area contributed by atoms with Crippen LogP contribution < -0.4 is 14.8 Å². The Bertz CT molecular complexity index is 728. The molecule has 132 valence electrons. The molecular formula is C20H24N2O3. The molecule has 1 amide bonds. The molecule has 1 N–H and O–H groups in total. The van der Waals surface area contributed by atoms with Crippen molar-refractivity contribution in [2.45, 2.75) is 26.9 Å². The van der Waals surface area contributed by atoms with Crippen LogP contribution in [-0.2, 0) is 17.9 Å². The van der Waals surface area contributed by atoms with E-state index in [0.29, 0.717) is 19.6 Å². The second-order valence-corrected chi connectivity index (χ2v) is 6.25. The van der Waals surface area contributed by atoms with Crippen molar-refractivity contribution in [3.63, 3.8) is 0 Å². The van der Waals surface area contributed by atoms with Crippen LogP contribution in [-0.4, -0.2) is 30.7 Å². The first kappa shape index (κ1) is 17.3. The van der Waals surface area contributed by atoms with Gasteiger partial charge in [-0.05, 0) is 36.7 Å². The van der Waals surface area contributed by atoms with E-state index in [4.69, 9.17) is 9.47 Å². The van der Waals surface area contributed by atoms with Crippen molar-refractivity contribution in [1.29, 1.82) is 0 Å². The number of nitrogens with zero attached hydrogens (tertiary/aromatic N) is 1. The Labute approximate surface area is 148 Å². The smallest absolute Gasteiger partial charge is 0.234 e. The lowest BCUT2D eigenvalue weighted by molar-refractivity contribution is -0.122. The summed E-state index contributed by atoms with van der Waals surface area (Å²) in [6, 6.07) is 14.1. The summed E-state index contributed by atoms with van der Waals surface area (Å²) in [6.45, 7) is 6.81. The number of likely N-dealkylation sites (N-methyl/N-ethyl adjacent to an activating group) is 1. The van der Waals surface area contributed by atoms with Crippen molar-refractivity contribution in [3.05, 3.63) is 59.2 Å².